The first-order chi connectivity index (χ1) is 10.3. The number of benzene rings is 1. The first-order valence-corrected chi connectivity index (χ1v) is 7.90. The SMILES string of the molecule is Cc1cccc(CN2CCc3cnc(C4CC4)nc3C2)c1. The minimum Gasteiger partial charge on any atom is -0.293 e. The standard InChI is InChI=1S/C18H21N3/c1-13-3-2-4-14(9-13)11-21-8-7-16-10-19-18(15-5-6-15)20-17(16)12-21/h2-4,9-10,15H,5-8,11-12H2,1H3. The first kappa shape index (κ1) is 13.0. The van der Waals surface area contributed by atoms with Gasteiger partial charge < -0.3 is 0 Å². The zero-order valence-corrected chi connectivity index (χ0v) is 12.5. The second-order valence-electron chi connectivity index (χ2n) is 6.42. The lowest BCUT2D eigenvalue weighted by molar-refractivity contribution is 0.240. The van der Waals surface area contributed by atoms with Crippen molar-refractivity contribution in [2.24, 2.45) is 0 Å². The summed E-state index contributed by atoms with van der Waals surface area (Å²) in [5, 5.41) is 0. The van der Waals surface area contributed by atoms with Crippen molar-refractivity contribution in [3.63, 3.8) is 0 Å². The number of fused-ring (bicyclic) bond motifs is 1. The quantitative estimate of drug-likeness (QED) is 0.864. The molecule has 1 aromatic heterocycles. The average Bonchev–Trinajstić information content (AvgIpc) is 3.31. The fourth-order valence-corrected chi connectivity index (χ4v) is 3.11. The van der Waals surface area contributed by atoms with E-state index in [0.29, 0.717) is 5.92 Å². The summed E-state index contributed by atoms with van der Waals surface area (Å²) in [4.78, 5) is 11.9. The van der Waals surface area contributed by atoms with Crippen molar-refractivity contribution >= 4 is 0 Å². The van der Waals surface area contributed by atoms with Crippen molar-refractivity contribution in [3.8, 4) is 0 Å². The summed E-state index contributed by atoms with van der Waals surface area (Å²) < 4.78 is 0. The van der Waals surface area contributed by atoms with Gasteiger partial charge in [0.1, 0.15) is 5.82 Å². The van der Waals surface area contributed by atoms with E-state index >= 15 is 0 Å². The van der Waals surface area contributed by atoms with E-state index in [-0.39, 0.29) is 0 Å². The number of hydrogen-bond donors (Lipinski definition) is 0. The molecular formula is C18H21N3. The molecule has 0 spiro atoms. The van der Waals surface area contributed by atoms with E-state index in [1.807, 2.05) is 0 Å². The summed E-state index contributed by atoms with van der Waals surface area (Å²) in [5.74, 6) is 1.72. The van der Waals surface area contributed by atoms with Gasteiger partial charge in [0.15, 0.2) is 0 Å². The maximum atomic E-state index is 4.83. The molecule has 1 saturated carbocycles. The van der Waals surface area contributed by atoms with E-state index in [1.54, 1.807) is 0 Å². The highest BCUT2D eigenvalue weighted by Crippen LogP contribution is 2.38. The molecule has 3 nitrogen and oxygen atoms in total. The van der Waals surface area contributed by atoms with Gasteiger partial charge in [-0.2, -0.15) is 0 Å². The fourth-order valence-electron chi connectivity index (χ4n) is 3.11. The number of nitrogens with zero attached hydrogens (tertiary/aromatic N) is 3. The number of aromatic nitrogens is 2. The summed E-state index contributed by atoms with van der Waals surface area (Å²) in [6, 6.07) is 8.81. The molecule has 3 heteroatoms. The molecule has 2 aliphatic rings. The second-order valence-corrected chi connectivity index (χ2v) is 6.42. The van der Waals surface area contributed by atoms with E-state index in [0.717, 1.165) is 31.9 Å². The molecule has 4 rings (SSSR count). The maximum Gasteiger partial charge on any atom is 0.131 e. The average molecular weight is 279 g/mol. The van der Waals surface area contributed by atoms with Crippen LogP contribution in [-0.4, -0.2) is 21.4 Å². The van der Waals surface area contributed by atoms with Crippen LogP contribution in [0.1, 0.15) is 47.0 Å². The van der Waals surface area contributed by atoms with Gasteiger partial charge in [-0.05, 0) is 37.3 Å². The minimum atomic E-state index is 0.641. The Morgan fingerprint density at radius 1 is 1.29 bits per heavy atom. The van der Waals surface area contributed by atoms with Crippen molar-refractivity contribution in [1.29, 1.82) is 0 Å². The van der Waals surface area contributed by atoms with Gasteiger partial charge in [0, 0.05) is 31.7 Å². The molecule has 1 aliphatic heterocycles. The molecule has 1 aromatic carbocycles. The lowest BCUT2D eigenvalue weighted by atomic mass is 10.1. The Labute approximate surface area is 126 Å². The van der Waals surface area contributed by atoms with Crippen molar-refractivity contribution in [2.75, 3.05) is 6.54 Å². The fraction of sp³-hybridized carbons (Fsp3) is 0.444. The molecule has 0 saturated heterocycles. The van der Waals surface area contributed by atoms with Crippen LogP contribution in [0.5, 0.6) is 0 Å². The lowest BCUT2D eigenvalue weighted by Crippen LogP contribution is -2.31. The van der Waals surface area contributed by atoms with Gasteiger partial charge in [-0.25, -0.2) is 9.97 Å². The largest absolute Gasteiger partial charge is 0.293 e. The molecule has 0 unspecified atom stereocenters. The number of hydrogen-bond acceptors (Lipinski definition) is 3. The van der Waals surface area contributed by atoms with E-state index in [1.165, 1.54) is 35.2 Å². The minimum absolute atomic E-state index is 0.641. The molecule has 1 fully saturated rings. The molecule has 0 amide bonds. The van der Waals surface area contributed by atoms with E-state index < -0.39 is 0 Å². The number of rotatable bonds is 3. The molecule has 0 N–H and O–H groups in total. The third-order valence-electron chi connectivity index (χ3n) is 4.47. The zero-order chi connectivity index (χ0) is 14.2. The van der Waals surface area contributed by atoms with Crippen LogP contribution >= 0.6 is 0 Å². The Morgan fingerprint density at radius 2 is 2.19 bits per heavy atom. The Bertz CT molecular complexity index is 661. The summed E-state index contributed by atoms with van der Waals surface area (Å²) in [5.41, 5.74) is 5.34. The Kier molecular flexibility index (Phi) is 3.23. The highest BCUT2D eigenvalue weighted by atomic mass is 15.1. The monoisotopic (exact) mass is 279 g/mol. The molecule has 0 bridgehead atoms. The predicted molar refractivity (Wildman–Crippen MR) is 83.0 cm³/mol. The highest BCUT2D eigenvalue weighted by Gasteiger charge is 2.28. The molecule has 21 heavy (non-hydrogen) atoms. The molecule has 0 radical (unpaired) electrons. The second kappa shape index (κ2) is 5.23. The topological polar surface area (TPSA) is 29.0 Å². The van der Waals surface area contributed by atoms with Gasteiger partial charge in [0.2, 0.25) is 0 Å². The van der Waals surface area contributed by atoms with Crippen molar-refractivity contribution < 1.29 is 0 Å². The smallest absolute Gasteiger partial charge is 0.131 e. The summed E-state index contributed by atoms with van der Waals surface area (Å²) >= 11 is 0. The normalized spacial score (nSPS) is 18.5. The summed E-state index contributed by atoms with van der Waals surface area (Å²) in [6.07, 6.45) is 5.68. The van der Waals surface area contributed by atoms with Crippen molar-refractivity contribution in [1.82, 2.24) is 14.9 Å². The number of aryl methyl sites for hydroxylation is 1. The van der Waals surface area contributed by atoms with Crippen LogP contribution in [0.25, 0.3) is 0 Å². The van der Waals surface area contributed by atoms with Gasteiger partial charge in [0.05, 0.1) is 5.69 Å². The van der Waals surface area contributed by atoms with E-state index in [4.69, 9.17) is 4.98 Å². The Hall–Kier alpha value is -1.74. The third-order valence-corrected chi connectivity index (χ3v) is 4.47. The van der Waals surface area contributed by atoms with Crippen LogP contribution in [0, 0.1) is 6.92 Å². The zero-order valence-electron chi connectivity index (χ0n) is 12.5. The summed E-state index contributed by atoms with van der Waals surface area (Å²) in [6.45, 7) is 5.24. The van der Waals surface area contributed by atoms with Gasteiger partial charge in [-0.3, -0.25) is 4.90 Å². The molecule has 2 heterocycles. The van der Waals surface area contributed by atoms with E-state index in [2.05, 4.69) is 47.3 Å². The Morgan fingerprint density at radius 3 is 3.00 bits per heavy atom. The maximum absolute atomic E-state index is 4.83. The first-order valence-electron chi connectivity index (χ1n) is 7.90. The van der Waals surface area contributed by atoms with Gasteiger partial charge in [-0.1, -0.05) is 29.8 Å². The van der Waals surface area contributed by atoms with E-state index in [9.17, 15) is 0 Å². The van der Waals surface area contributed by atoms with Crippen molar-refractivity contribution in [2.45, 2.75) is 45.2 Å². The van der Waals surface area contributed by atoms with Crippen LogP contribution in [0.2, 0.25) is 0 Å². The lowest BCUT2D eigenvalue weighted by Gasteiger charge is -2.28. The van der Waals surface area contributed by atoms with Gasteiger partial charge >= 0.3 is 0 Å². The van der Waals surface area contributed by atoms with Crippen LogP contribution < -0.4 is 0 Å². The highest BCUT2D eigenvalue weighted by molar-refractivity contribution is 5.25. The molecular weight excluding hydrogens is 258 g/mol. The van der Waals surface area contributed by atoms with Gasteiger partial charge in [-0.15, -0.1) is 0 Å². The Balaban J connectivity index is 1.51. The molecule has 1 aliphatic carbocycles. The van der Waals surface area contributed by atoms with Crippen LogP contribution in [-0.2, 0) is 19.5 Å². The van der Waals surface area contributed by atoms with Crippen LogP contribution in [0.3, 0.4) is 0 Å². The third kappa shape index (κ3) is 2.84. The summed E-state index contributed by atoms with van der Waals surface area (Å²) in [7, 11) is 0. The van der Waals surface area contributed by atoms with Crippen LogP contribution in [0.4, 0.5) is 0 Å². The van der Waals surface area contributed by atoms with Crippen molar-refractivity contribution in [3.05, 3.63) is 58.7 Å². The molecule has 2 aromatic rings. The van der Waals surface area contributed by atoms with Crippen LogP contribution in [0.15, 0.2) is 30.5 Å². The van der Waals surface area contributed by atoms with Gasteiger partial charge in [0.25, 0.3) is 0 Å². The molecule has 0 atom stereocenters. The molecule has 108 valence electrons. The predicted octanol–water partition coefficient (Wildman–Crippen LogP) is 3.22.